The largest absolute Gasteiger partial charge is 0.467 e. The average Bonchev–Trinajstić information content (AvgIpc) is 2.84. The first-order chi connectivity index (χ1) is 8.65. The summed E-state index contributed by atoms with van der Waals surface area (Å²) in [4.78, 5) is 0. The molecule has 2 rings (SSSR count). The summed E-state index contributed by atoms with van der Waals surface area (Å²) in [5.41, 5.74) is 1.92. The maximum atomic E-state index is 12.8. The smallest absolute Gasteiger partial charge is 0.126 e. The van der Waals surface area contributed by atoms with Crippen LogP contribution in [0, 0.1) is 5.82 Å². The van der Waals surface area contributed by atoms with Crippen LogP contribution in [0.3, 0.4) is 0 Å². The molecule has 0 saturated heterocycles. The van der Waals surface area contributed by atoms with Gasteiger partial charge in [-0.25, -0.2) is 4.39 Å². The van der Waals surface area contributed by atoms with Gasteiger partial charge >= 0.3 is 0 Å². The van der Waals surface area contributed by atoms with E-state index in [4.69, 9.17) is 4.42 Å². The van der Waals surface area contributed by atoms with E-state index in [1.54, 1.807) is 18.4 Å². The third-order valence-electron chi connectivity index (χ3n) is 2.62. The minimum atomic E-state index is -0.241. The molecular weight excluding hydrogens is 265 g/mol. The molecule has 0 aliphatic rings. The highest BCUT2D eigenvalue weighted by Crippen LogP contribution is 2.25. The van der Waals surface area contributed by atoms with E-state index in [2.05, 4.69) is 11.9 Å². The van der Waals surface area contributed by atoms with Gasteiger partial charge < -0.3 is 9.73 Å². The van der Waals surface area contributed by atoms with Crippen LogP contribution >= 0.6 is 12.4 Å². The van der Waals surface area contributed by atoms with E-state index in [0.29, 0.717) is 0 Å². The molecule has 4 heteroatoms. The van der Waals surface area contributed by atoms with Gasteiger partial charge in [-0.3, -0.25) is 0 Å². The van der Waals surface area contributed by atoms with Gasteiger partial charge in [0, 0.05) is 5.69 Å². The van der Waals surface area contributed by atoms with Crippen LogP contribution < -0.4 is 5.32 Å². The lowest BCUT2D eigenvalue weighted by molar-refractivity contribution is 0.477. The van der Waals surface area contributed by atoms with Crippen LogP contribution in [-0.2, 0) is 0 Å². The van der Waals surface area contributed by atoms with Crippen molar-refractivity contribution >= 4 is 18.1 Å². The molecule has 0 fully saturated rings. The second kappa shape index (κ2) is 7.00. The first-order valence-corrected chi connectivity index (χ1v) is 5.85. The highest BCUT2D eigenvalue weighted by Gasteiger charge is 2.14. The maximum Gasteiger partial charge on any atom is 0.126 e. The fourth-order valence-electron chi connectivity index (χ4n) is 1.81. The van der Waals surface area contributed by atoms with Crippen molar-refractivity contribution in [2.24, 2.45) is 0 Å². The van der Waals surface area contributed by atoms with Crippen LogP contribution in [0.15, 0.2) is 59.2 Å². The summed E-state index contributed by atoms with van der Waals surface area (Å²) in [5.74, 6) is 0.609. The summed E-state index contributed by atoms with van der Waals surface area (Å²) in [7, 11) is 0. The van der Waals surface area contributed by atoms with Crippen molar-refractivity contribution in [3.63, 3.8) is 0 Å². The molecule has 19 heavy (non-hydrogen) atoms. The van der Waals surface area contributed by atoms with E-state index in [0.717, 1.165) is 23.4 Å². The first-order valence-electron chi connectivity index (χ1n) is 5.85. The molecule has 2 aromatic rings. The Balaban J connectivity index is 0.00000180. The van der Waals surface area contributed by atoms with E-state index in [1.807, 2.05) is 19.1 Å². The fraction of sp³-hybridized carbons (Fsp3) is 0.200. The number of benzene rings is 1. The Hall–Kier alpha value is -1.74. The van der Waals surface area contributed by atoms with Gasteiger partial charge in [0.25, 0.3) is 0 Å². The molecule has 2 nitrogen and oxygen atoms in total. The lowest BCUT2D eigenvalue weighted by Gasteiger charge is -2.18. The Morgan fingerprint density at radius 1 is 1.32 bits per heavy atom. The van der Waals surface area contributed by atoms with Crippen molar-refractivity contribution in [3.8, 4) is 0 Å². The first kappa shape index (κ1) is 15.3. The van der Waals surface area contributed by atoms with Gasteiger partial charge in [0.1, 0.15) is 11.6 Å². The highest BCUT2D eigenvalue weighted by atomic mass is 35.5. The topological polar surface area (TPSA) is 25.2 Å². The Morgan fingerprint density at radius 3 is 2.53 bits per heavy atom. The second-order valence-corrected chi connectivity index (χ2v) is 4.38. The second-order valence-electron chi connectivity index (χ2n) is 4.38. The lowest BCUT2D eigenvalue weighted by atomic mass is 10.1. The maximum absolute atomic E-state index is 12.8. The average molecular weight is 282 g/mol. The van der Waals surface area contributed by atoms with Crippen LogP contribution in [0.2, 0.25) is 0 Å². The minimum absolute atomic E-state index is 0. The van der Waals surface area contributed by atoms with Crippen LogP contribution in [0.4, 0.5) is 10.1 Å². The van der Waals surface area contributed by atoms with Gasteiger partial charge in [0.05, 0.1) is 12.3 Å². The van der Waals surface area contributed by atoms with Crippen LogP contribution in [-0.4, -0.2) is 0 Å². The van der Waals surface area contributed by atoms with Gasteiger partial charge in [-0.05, 0) is 49.7 Å². The summed E-state index contributed by atoms with van der Waals surface area (Å²) in [6, 6.07) is 10.1. The van der Waals surface area contributed by atoms with Gasteiger partial charge in [-0.15, -0.1) is 19.0 Å². The number of anilines is 1. The van der Waals surface area contributed by atoms with E-state index >= 15 is 0 Å². The molecule has 1 aromatic heterocycles. The molecule has 0 radical (unpaired) electrons. The van der Waals surface area contributed by atoms with Crippen LogP contribution in [0.25, 0.3) is 0 Å². The zero-order chi connectivity index (χ0) is 13.0. The van der Waals surface area contributed by atoms with Crippen molar-refractivity contribution < 1.29 is 8.81 Å². The molecule has 0 amide bonds. The van der Waals surface area contributed by atoms with E-state index in [-0.39, 0.29) is 24.3 Å². The van der Waals surface area contributed by atoms with Crippen molar-refractivity contribution in [2.75, 3.05) is 5.32 Å². The molecule has 0 aliphatic carbocycles. The molecule has 0 spiro atoms. The van der Waals surface area contributed by atoms with Crippen molar-refractivity contribution in [2.45, 2.75) is 19.4 Å². The highest BCUT2D eigenvalue weighted by molar-refractivity contribution is 5.85. The van der Waals surface area contributed by atoms with Gasteiger partial charge in [-0.1, -0.05) is 5.57 Å². The summed E-state index contributed by atoms with van der Waals surface area (Å²) in [6.45, 7) is 5.89. The van der Waals surface area contributed by atoms with E-state index in [9.17, 15) is 4.39 Å². The monoisotopic (exact) mass is 281 g/mol. The van der Waals surface area contributed by atoms with Gasteiger partial charge in [-0.2, -0.15) is 0 Å². The Labute approximate surface area is 118 Å². The zero-order valence-corrected chi connectivity index (χ0v) is 11.5. The molecule has 1 atom stereocenters. The molecule has 0 aliphatic heterocycles. The summed E-state index contributed by atoms with van der Waals surface area (Å²) >= 11 is 0. The van der Waals surface area contributed by atoms with E-state index in [1.165, 1.54) is 12.1 Å². The van der Waals surface area contributed by atoms with Crippen molar-refractivity contribution in [1.82, 2.24) is 0 Å². The molecule has 0 bridgehead atoms. The molecule has 1 N–H and O–H groups in total. The number of hydrogen-bond donors (Lipinski definition) is 1. The number of halogens is 2. The zero-order valence-electron chi connectivity index (χ0n) is 10.7. The summed E-state index contributed by atoms with van der Waals surface area (Å²) < 4.78 is 18.3. The molecule has 0 saturated carbocycles. The third-order valence-corrected chi connectivity index (χ3v) is 2.62. The standard InChI is InChI=1S/C15H16FNO.ClH/c1-11(2)10-14(15-4-3-9-18-15)17-13-7-5-12(16)6-8-13;/h3-9,14,17H,1,10H2,2H3;1H. The molecular formula is C15H17ClFNO. The molecule has 1 heterocycles. The lowest BCUT2D eigenvalue weighted by Crippen LogP contribution is -2.10. The van der Waals surface area contributed by atoms with Gasteiger partial charge in [0.15, 0.2) is 0 Å². The predicted octanol–water partition coefficient (Wildman–Crippen LogP) is 4.96. The normalized spacial score (nSPS) is 11.5. The fourth-order valence-corrected chi connectivity index (χ4v) is 1.81. The molecule has 1 unspecified atom stereocenters. The third kappa shape index (κ3) is 4.45. The SMILES string of the molecule is C=C(C)CC(Nc1ccc(F)cc1)c1ccco1.Cl. The Bertz CT molecular complexity index is 507. The van der Waals surface area contributed by atoms with Crippen LogP contribution in [0.5, 0.6) is 0 Å². The Morgan fingerprint density at radius 2 is 2.00 bits per heavy atom. The van der Waals surface area contributed by atoms with E-state index < -0.39 is 0 Å². The predicted molar refractivity (Wildman–Crippen MR) is 78.2 cm³/mol. The number of rotatable bonds is 5. The number of nitrogens with one attached hydrogen (secondary N) is 1. The molecule has 102 valence electrons. The van der Waals surface area contributed by atoms with Crippen molar-refractivity contribution in [3.05, 3.63) is 66.4 Å². The summed E-state index contributed by atoms with van der Waals surface area (Å²) in [6.07, 6.45) is 2.41. The van der Waals surface area contributed by atoms with Crippen LogP contribution in [0.1, 0.15) is 25.1 Å². The number of furan rings is 1. The van der Waals surface area contributed by atoms with Gasteiger partial charge in [0.2, 0.25) is 0 Å². The summed E-state index contributed by atoms with van der Waals surface area (Å²) in [5, 5.41) is 3.32. The minimum Gasteiger partial charge on any atom is -0.467 e. The molecule has 1 aromatic carbocycles. The number of hydrogen-bond acceptors (Lipinski definition) is 2. The Kier molecular flexibility index (Phi) is 5.64. The van der Waals surface area contributed by atoms with Crippen molar-refractivity contribution in [1.29, 1.82) is 0 Å². The quantitative estimate of drug-likeness (QED) is 0.784.